The molecule has 0 aromatic heterocycles. The van der Waals surface area contributed by atoms with Gasteiger partial charge in [0.05, 0.1) is 0 Å². The number of rotatable bonds is 7. The van der Waals surface area contributed by atoms with Gasteiger partial charge in [0.15, 0.2) is 6.10 Å². The zero-order chi connectivity index (χ0) is 19.9. The summed E-state index contributed by atoms with van der Waals surface area (Å²) in [5.41, 5.74) is 2.31. The van der Waals surface area contributed by atoms with Crippen LogP contribution in [0.1, 0.15) is 18.9 Å². The molecular weight excluding hydrogens is 374 g/mol. The van der Waals surface area contributed by atoms with Crippen molar-refractivity contribution >= 4 is 23.2 Å². The van der Waals surface area contributed by atoms with E-state index in [0.29, 0.717) is 23.7 Å². The minimum atomic E-state index is -0.522. The second kappa shape index (κ2) is 9.80. The number of hydrogen-bond acceptors (Lipinski definition) is 4. The predicted molar refractivity (Wildman–Crippen MR) is 114 cm³/mol. The van der Waals surface area contributed by atoms with Gasteiger partial charge in [0.25, 0.3) is 5.91 Å². The number of likely N-dealkylation sites (N-methyl/N-ethyl adjacent to an activating group) is 1. The van der Waals surface area contributed by atoms with Gasteiger partial charge in [-0.05, 0) is 55.4 Å². The Morgan fingerprint density at radius 3 is 2.32 bits per heavy atom. The highest BCUT2D eigenvalue weighted by molar-refractivity contribution is 6.30. The lowest BCUT2D eigenvalue weighted by Gasteiger charge is -2.34. The van der Waals surface area contributed by atoms with E-state index < -0.39 is 6.10 Å². The molecule has 28 heavy (non-hydrogen) atoms. The Kier molecular flexibility index (Phi) is 7.18. The largest absolute Gasteiger partial charge is 0.481 e. The molecule has 3 rings (SSSR count). The van der Waals surface area contributed by atoms with Crippen molar-refractivity contribution in [2.24, 2.45) is 0 Å². The van der Waals surface area contributed by atoms with Gasteiger partial charge in [-0.2, -0.15) is 0 Å². The minimum absolute atomic E-state index is 0.111. The number of ether oxygens (including phenoxy) is 1. The zero-order valence-electron chi connectivity index (χ0n) is 16.5. The lowest BCUT2D eigenvalue weighted by Crippen LogP contribution is -2.44. The van der Waals surface area contributed by atoms with Gasteiger partial charge in [0.2, 0.25) is 0 Å². The number of carbonyl (C=O) groups is 1. The molecule has 0 bridgehead atoms. The molecule has 5 nitrogen and oxygen atoms in total. The maximum Gasteiger partial charge on any atom is 0.261 e. The molecule has 1 aliphatic rings. The number of carbonyl (C=O) groups excluding carboxylic acids is 1. The Bertz CT molecular complexity index is 756. The molecule has 1 N–H and O–H groups in total. The quantitative estimate of drug-likeness (QED) is 0.770. The van der Waals surface area contributed by atoms with E-state index in [-0.39, 0.29) is 5.91 Å². The second-order valence-electron chi connectivity index (χ2n) is 7.14. The first kappa shape index (κ1) is 20.5. The molecule has 0 unspecified atom stereocenters. The summed E-state index contributed by atoms with van der Waals surface area (Å²) in [5, 5.41) is 3.62. The fraction of sp³-hybridized carbons (Fsp3) is 0.409. The number of amides is 1. The van der Waals surface area contributed by atoms with Gasteiger partial charge in [-0.3, -0.25) is 4.79 Å². The van der Waals surface area contributed by atoms with E-state index in [0.717, 1.165) is 31.7 Å². The summed E-state index contributed by atoms with van der Waals surface area (Å²) in [6, 6.07) is 15.5. The van der Waals surface area contributed by atoms with Crippen molar-refractivity contribution in [1.29, 1.82) is 0 Å². The van der Waals surface area contributed by atoms with Crippen molar-refractivity contribution in [2.75, 3.05) is 38.1 Å². The fourth-order valence-corrected chi connectivity index (χ4v) is 3.32. The van der Waals surface area contributed by atoms with Crippen LogP contribution in [-0.4, -0.2) is 50.1 Å². The number of halogens is 1. The third-order valence-electron chi connectivity index (χ3n) is 5.03. The average molecular weight is 402 g/mol. The van der Waals surface area contributed by atoms with Crippen molar-refractivity contribution in [3.05, 3.63) is 59.1 Å². The molecule has 6 heteroatoms. The van der Waals surface area contributed by atoms with E-state index in [1.807, 2.05) is 6.92 Å². The van der Waals surface area contributed by atoms with E-state index >= 15 is 0 Å². The number of hydrogen-bond donors (Lipinski definition) is 1. The number of piperazine rings is 1. The first-order valence-electron chi connectivity index (χ1n) is 9.77. The van der Waals surface area contributed by atoms with Crippen molar-refractivity contribution in [3.8, 4) is 5.75 Å². The van der Waals surface area contributed by atoms with Crippen LogP contribution in [-0.2, 0) is 11.3 Å². The van der Waals surface area contributed by atoms with Gasteiger partial charge in [-0.15, -0.1) is 0 Å². The van der Waals surface area contributed by atoms with Crippen LogP contribution < -0.4 is 15.0 Å². The molecule has 1 amide bonds. The summed E-state index contributed by atoms with van der Waals surface area (Å²) in [4.78, 5) is 17.2. The SMILES string of the molecule is CC[C@H](Oc1ccc(Cl)cc1)C(=O)NCc1ccc(N2CCN(C)CC2)cc1. The summed E-state index contributed by atoms with van der Waals surface area (Å²) in [6.45, 7) is 6.70. The van der Waals surface area contributed by atoms with Gasteiger partial charge in [0, 0.05) is 43.4 Å². The number of nitrogens with one attached hydrogen (secondary N) is 1. The van der Waals surface area contributed by atoms with E-state index in [1.165, 1.54) is 5.69 Å². The van der Waals surface area contributed by atoms with Crippen LogP contribution >= 0.6 is 11.6 Å². The summed E-state index contributed by atoms with van der Waals surface area (Å²) in [7, 11) is 2.16. The van der Waals surface area contributed by atoms with E-state index in [9.17, 15) is 4.79 Å². The van der Waals surface area contributed by atoms with Crippen LogP contribution in [0.25, 0.3) is 0 Å². The molecule has 0 aliphatic carbocycles. The van der Waals surface area contributed by atoms with E-state index in [2.05, 4.69) is 46.4 Å². The third kappa shape index (κ3) is 5.63. The summed E-state index contributed by atoms with van der Waals surface area (Å²) in [5.74, 6) is 0.531. The van der Waals surface area contributed by atoms with Crippen molar-refractivity contribution in [1.82, 2.24) is 10.2 Å². The van der Waals surface area contributed by atoms with Gasteiger partial charge in [0.1, 0.15) is 5.75 Å². The van der Waals surface area contributed by atoms with Gasteiger partial charge in [-0.25, -0.2) is 0 Å². The molecule has 2 aromatic carbocycles. The van der Waals surface area contributed by atoms with Crippen LogP contribution in [0.5, 0.6) is 5.75 Å². The monoisotopic (exact) mass is 401 g/mol. The predicted octanol–water partition coefficient (Wildman–Crippen LogP) is 3.57. The molecule has 0 saturated carbocycles. The molecule has 1 saturated heterocycles. The first-order valence-corrected chi connectivity index (χ1v) is 10.2. The van der Waals surface area contributed by atoms with Gasteiger partial charge >= 0.3 is 0 Å². The maximum atomic E-state index is 12.5. The lowest BCUT2D eigenvalue weighted by atomic mass is 10.1. The van der Waals surface area contributed by atoms with E-state index in [1.54, 1.807) is 24.3 Å². The highest BCUT2D eigenvalue weighted by atomic mass is 35.5. The topological polar surface area (TPSA) is 44.8 Å². The van der Waals surface area contributed by atoms with Gasteiger partial charge in [-0.1, -0.05) is 30.7 Å². The molecule has 2 aromatic rings. The second-order valence-corrected chi connectivity index (χ2v) is 7.58. The third-order valence-corrected chi connectivity index (χ3v) is 5.28. The molecule has 0 radical (unpaired) electrons. The number of benzene rings is 2. The van der Waals surface area contributed by atoms with Crippen LogP contribution in [0.15, 0.2) is 48.5 Å². The zero-order valence-corrected chi connectivity index (χ0v) is 17.3. The smallest absolute Gasteiger partial charge is 0.261 e. The Balaban J connectivity index is 1.50. The van der Waals surface area contributed by atoms with E-state index in [4.69, 9.17) is 16.3 Å². The highest BCUT2D eigenvalue weighted by Gasteiger charge is 2.18. The van der Waals surface area contributed by atoms with Crippen LogP contribution in [0, 0.1) is 0 Å². The van der Waals surface area contributed by atoms with Crippen molar-refractivity contribution in [2.45, 2.75) is 26.0 Å². The van der Waals surface area contributed by atoms with Crippen LogP contribution in [0.4, 0.5) is 5.69 Å². The standard InChI is InChI=1S/C22H28ClN3O2/c1-3-21(28-20-10-6-18(23)7-11-20)22(27)24-16-17-4-8-19(9-5-17)26-14-12-25(2)13-15-26/h4-11,21H,3,12-16H2,1-2H3,(H,24,27)/t21-/m0/s1. The normalized spacial score (nSPS) is 15.9. The lowest BCUT2D eigenvalue weighted by molar-refractivity contribution is -0.128. The maximum absolute atomic E-state index is 12.5. The number of nitrogens with zero attached hydrogens (tertiary/aromatic N) is 2. The molecule has 1 aliphatic heterocycles. The van der Waals surface area contributed by atoms with Gasteiger partial charge < -0.3 is 19.9 Å². The summed E-state index contributed by atoms with van der Waals surface area (Å²) < 4.78 is 5.79. The molecule has 150 valence electrons. The first-order chi connectivity index (χ1) is 13.5. The summed E-state index contributed by atoms with van der Waals surface area (Å²) in [6.07, 6.45) is 0.0716. The number of anilines is 1. The molecular formula is C22H28ClN3O2. The Labute approximate surface area is 172 Å². The minimum Gasteiger partial charge on any atom is -0.481 e. The molecule has 1 heterocycles. The molecule has 0 spiro atoms. The molecule has 1 fully saturated rings. The van der Waals surface area contributed by atoms with Crippen molar-refractivity contribution < 1.29 is 9.53 Å². The fourth-order valence-electron chi connectivity index (χ4n) is 3.19. The summed E-state index contributed by atoms with van der Waals surface area (Å²) >= 11 is 5.89. The van der Waals surface area contributed by atoms with Crippen LogP contribution in [0.2, 0.25) is 5.02 Å². The van der Waals surface area contributed by atoms with Crippen LogP contribution in [0.3, 0.4) is 0 Å². The Morgan fingerprint density at radius 2 is 1.71 bits per heavy atom. The molecule has 1 atom stereocenters. The highest BCUT2D eigenvalue weighted by Crippen LogP contribution is 2.19. The average Bonchev–Trinajstić information content (AvgIpc) is 2.72. The Morgan fingerprint density at radius 1 is 1.07 bits per heavy atom. The Hall–Kier alpha value is -2.24. The van der Waals surface area contributed by atoms with Crippen molar-refractivity contribution in [3.63, 3.8) is 0 Å².